The van der Waals surface area contributed by atoms with Crippen LogP contribution in [0.1, 0.15) is 16.8 Å². The molecule has 0 radical (unpaired) electrons. The second kappa shape index (κ2) is 5.23. The van der Waals surface area contributed by atoms with Crippen LogP contribution in [0.15, 0.2) is 36.5 Å². The molecule has 0 aliphatic rings. The number of fused-ring (bicyclic) bond motifs is 1. The van der Waals surface area contributed by atoms with E-state index in [4.69, 9.17) is 16.9 Å². The Balaban J connectivity index is 2.31. The molecule has 21 heavy (non-hydrogen) atoms. The third-order valence-electron chi connectivity index (χ3n) is 3.73. The predicted molar refractivity (Wildman–Crippen MR) is 84.4 cm³/mol. The van der Waals surface area contributed by atoms with Gasteiger partial charge in [0.2, 0.25) is 0 Å². The number of aryl methyl sites for hydroxylation is 2. The van der Waals surface area contributed by atoms with Crippen molar-refractivity contribution >= 4 is 17.2 Å². The van der Waals surface area contributed by atoms with Crippen LogP contribution >= 0.6 is 11.6 Å². The van der Waals surface area contributed by atoms with Gasteiger partial charge in [-0.3, -0.25) is 0 Å². The molecule has 4 heteroatoms. The van der Waals surface area contributed by atoms with Gasteiger partial charge in [-0.05, 0) is 43.2 Å². The fourth-order valence-corrected chi connectivity index (χ4v) is 2.65. The van der Waals surface area contributed by atoms with E-state index in [9.17, 15) is 0 Å². The summed E-state index contributed by atoms with van der Waals surface area (Å²) in [5, 5.41) is 9.70. The van der Waals surface area contributed by atoms with E-state index in [2.05, 4.69) is 37.0 Å². The summed E-state index contributed by atoms with van der Waals surface area (Å²) >= 11 is 6.22. The number of benzene rings is 1. The lowest BCUT2D eigenvalue weighted by atomic mass is 10.0. The van der Waals surface area contributed by atoms with Crippen LogP contribution in [0.5, 0.6) is 0 Å². The van der Waals surface area contributed by atoms with Crippen LogP contribution in [0, 0.1) is 25.2 Å². The third-order valence-corrected chi connectivity index (χ3v) is 4.02. The zero-order valence-corrected chi connectivity index (χ0v) is 12.6. The Morgan fingerprint density at radius 2 is 2.05 bits per heavy atom. The lowest BCUT2D eigenvalue weighted by Gasteiger charge is -2.05. The largest absolute Gasteiger partial charge is 0.301 e. The molecule has 0 unspecified atom stereocenters. The fourth-order valence-electron chi connectivity index (χ4n) is 2.45. The molecule has 0 N–H and O–H groups in total. The van der Waals surface area contributed by atoms with Crippen LogP contribution in [0.3, 0.4) is 0 Å². The van der Waals surface area contributed by atoms with Crippen molar-refractivity contribution in [3.05, 3.63) is 58.4 Å². The van der Waals surface area contributed by atoms with Gasteiger partial charge in [0.1, 0.15) is 0 Å². The molecule has 1 aromatic carbocycles. The Morgan fingerprint density at radius 3 is 2.76 bits per heavy atom. The van der Waals surface area contributed by atoms with Gasteiger partial charge in [0.15, 0.2) is 5.65 Å². The van der Waals surface area contributed by atoms with Crippen LogP contribution in [0.4, 0.5) is 0 Å². The molecule has 0 fully saturated rings. The van der Waals surface area contributed by atoms with Crippen LogP contribution in [-0.4, -0.2) is 9.38 Å². The molecule has 0 aliphatic carbocycles. The SMILES string of the molecule is Cc1ccc(-c2nc3c(Cl)cccn3c2CC#N)cc1C. The lowest BCUT2D eigenvalue weighted by molar-refractivity contribution is 1.06. The maximum absolute atomic E-state index is 9.11. The van der Waals surface area contributed by atoms with E-state index in [1.54, 1.807) is 0 Å². The Kier molecular flexibility index (Phi) is 3.40. The minimum atomic E-state index is 0.295. The molecule has 3 nitrogen and oxygen atoms in total. The first-order valence-corrected chi connectivity index (χ1v) is 7.09. The van der Waals surface area contributed by atoms with E-state index in [1.807, 2.05) is 28.8 Å². The van der Waals surface area contributed by atoms with Gasteiger partial charge in [-0.15, -0.1) is 0 Å². The van der Waals surface area contributed by atoms with E-state index in [-0.39, 0.29) is 0 Å². The van der Waals surface area contributed by atoms with Gasteiger partial charge in [0.05, 0.1) is 28.9 Å². The summed E-state index contributed by atoms with van der Waals surface area (Å²) in [7, 11) is 0. The summed E-state index contributed by atoms with van der Waals surface area (Å²) in [4.78, 5) is 4.65. The lowest BCUT2D eigenvalue weighted by Crippen LogP contribution is -1.93. The Bertz CT molecular complexity index is 872. The van der Waals surface area contributed by atoms with Crippen molar-refractivity contribution < 1.29 is 0 Å². The van der Waals surface area contributed by atoms with E-state index in [1.165, 1.54) is 11.1 Å². The molecule has 0 amide bonds. The van der Waals surface area contributed by atoms with E-state index < -0.39 is 0 Å². The van der Waals surface area contributed by atoms with Gasteiger partial charge >= 0.3 is 0 Å². The normalized spacial score (nSPS) is 10.8. The smallest absolute Gasteiger partial charge is 0.156 e. The van der Waals surface area contributed by atoms with Crippen molar-refractivity contribution in [1.29, 1.82) is 5.26 Å². The fraction of sp³-hybridized carbons (Fsp3) is 0.176. The maximum Gasteiger partial charge on any atom is 0.156 e. The molecular formula is C17H14ClN3. The number of halogens is 1. The van der Waals surface area contributed by atoms with Crippen LogP contribution in [0.25, 0.3) is 16.9 Å². The van der Waals surface area contributed by atoms with Gasteiger partial charge in [-0.2, -0.15) is 5.26 Å². The molecule has 0 spiro atoms. The van der Waals surface area contributed by atoms with Gasteiger partial charge in [-0.1, -0.05) is 23.7 Å². The second-order valence-corrected chi connectivity index (χ2v) is 5.50. The molecule has 2 aromatic heterocycles. The van der Waals surface area contributed by atoms with Crippen molar-refractivity contribution in [2.75, 3.05) is 0 Å². The summed E-state index contributed by atoms with van der Waals surface area (Å²) in [5.41, 5.74) is 5.85. The molecule has 0 saturated heterocycles. The van der Waals surface area contributed by atoms with Crippen LogP contribution in [0.2, 0.25) is 5.02 Å². The van der Waals surface area contributed by atoms with Crippen molar-refractivity contribution in [3.8, 4) is 17.3 Å². The zero-order chi connectivity index (χ0) is 15.0. The van der Waals surface area contributed by atoms with Gasteiger partial charge in [-0.25, -0.2) is 4.98 Å². The van der Waals surface area contributed by atoms with Crippen molar-refractivity contribution in [3.63, 3.8) is 0 Å². The van der Waals surface area contributed by atoms with Gasteiger partial charge in [0, 0.05) is 11.8 Å². The summed E-state index contributed by atoms with van der Waals surface area (Å²) in [6.07, 6.45) is 2.19. The van der Waals surface area contributed by atoms with Crippen LogP contribution < -0.4 is 0 Å². The number of hydrogen-bond donors (Lipinski definition) is 0. The first-order chi connectivity index (χ1) is 10.1. The van der Waals surface area contributed by atoms with Gasteiger partial charge in [0.25, 0.3) is 0 Å². The van der Waals surface area contributed by atoms with Crippen molar-refractivity contribution in [1.82, 2.24) is 9.38 Å². The number of pyridine rings is 1. The highest BCUT2D eigenvalue weighted by atomic mass is 35.5. The minimum absolute atomic E-state index is 0.295. The molecule has 0 atom stereocenters. The molecule has 3 aromatic rings. The Morgan fingerprint density at radius 1 is 1.24 bits per heavy atom. The summed E-state index contributed by atoms with van der Waals surface area (Å²) in [5.74, 6) is 0. The zero-order valence-electron chi connectivity index (χ0n) is 11.9. The van der Waals surface area contributed by atoms with E-state index >= 15 is 0 Å². The third kappa shape index (κ3) is 2.28. The number of nitriles is 1. The number of imidazole rings is 1. The molecule has 0 aliphatic heterocycles. The Hall–Kier alpha value is -2.31. The average Bonchev–Trinajstić information content (AvgIpc) is 2.83. The minimum Gasteiger partial charge on any atom is -0.301 e. The van der Waals surface area contributed by atoms with E-state index in [0.29, 0.717) is 17.1 Å². The Labute approximate surface area is 128 Å². The van der Waals surface area contributed by atoms with Gasteiger partial charge < -0.3 is 4.40 Å². The predicted octanol–water partition coefficient (Wildman–Crippen LogP) is 4.34. The quantitative estimate of drug-likeness (QED) is 0.706. The monoisotopic (exact) mass is 295 g/mol. The highest BCUT2D eigenvalue weighted by Crippen LogP contribution is 2.29. The first-order valence-electron chi connectivity index (χ1n) is 6.72. The first kappa shape index (κ1) is 13.7. The summed E-state index contributed by atoms with van der Waals surface area (Å²) in [6.45, 7) is 4.15. The molecule has 3 rings (SSSR count). The molecule has 2 heterocycles. The summed E-state index contributed by atoms with van der Waals surface area (Å²) < 4.78 is 1.90. The standard InChI is InChI=1S/C17H14ClN3/c1-11-5-6-13(10-12(11)2)16-15(7-8-19)21-9-3-4-14(18)17(21)20-16/h3-6,9-10H,7H2,1-2H3. The number of hydrogen-bond acceptors (Lipinski definition) is 2. The molecular weight excluding hydrogens is 282 g/mol. The molecule has 0 saturated carbocycles. The highest BCUT2D eigenvalue weighted by Gasteiger charge is 2.15. The highest BCUT2D eigenvalue weighted by molar-refractivity contribution is 6.33. The van der Waals surface area contributed by atoms with Crippen LogP contribution in [-0.2, 0) is 6.42 Å². The topological polar surface area (TPSA) is 41.1 Å². The number of rotatable bonds is 2. The van der Waals surface area contributed by atoms with E-state index in [0.717, 1.165) is 17.0 Å². The summed E-state index contributed by atoms with van der Waals surface area (Å²) in [6, 6.07) is 12.1. The number of aromatic nitrogens is 2. The number of nitrogens with zero attached hydrogens (tertiary/aromatic N) is 3. The van der Waals surface area contributed by atoms with Crippen molar-refractivity contribution in [2.45, 2.75) is 20.3 Å². The van der Waals surface area contributed by atoms with Crippen molar-refractivity contribution in [2.24, 2.45) is 0 Å². The second-order valence-electron chi connectivity index (χ2n) is 5.09. The molecule has 104 valence electrons. The molecule has 0 bridgehead atoms. The average molecular weight is 296 g/mol. The maximum atomic E-state index is 9.11.